The fourth-order valence-corrected chi connectivity index (χ4v) is 1.25. The molecule has 0 aromatic heterocycles. The zero-order chi connectivity index (χ0) is 10.8. The second-order valence-corrected chi connectivity index (χ2v) is 3.41. The molecule has 0 heterocycles. The topological polar surface area (TPSA) is 23.5 Å². The number of hydrogen-bond acceptors (Lipinski definition) is 2. The first-order chi connectivity index (χ1) is 6.72. The molecule has 0 aliphatic heterocycles. The Bertz CT molecular complexity index is 164. The summed E-state index contributed by atoms with van der Waals surface area (Å²) in [7, 11) is 0. The molecular formula is C12H23NO. The molecule has 82 valence electrons. The lowest BCUT2D eigenvalue weighted by Gasteiger charge is -2.21. The summed E-state index contributed by atoms with van der Waals surface area (Å²) in [6.07, 6.45) is 9.25. The molecule has 0 amide bonds. The van der Waals surface area contributed by atoms with E-state index >= 15 is 0 Å². The molecule has 0 aliphatic carbocycles. The number of hydrogen-bond donors (Lipinski definition) is 1. The molecule has 14 heavy (non-hydrogen) atoms. The molecule has 2 heteroatoms. The molecule has 0 aliphatic rings. The van der Waals surface area contributed by atoms with Crippen LogP contribution in [0.1, 0.15) is 33.1 Å². The van der Waals surface area contributed by atoms with Gasteiger partial charge in [-0.05, 0) is 32.7 Å². The van der Waals surface area contributed by atoms with Gasteiger partial charge in [0.2, 0.25) is 0 Å². The Morgan fingerprint density at radius 2 is 2.07 bits per heavy atom. The SMILES string of the molecule is C=CCCCC=CCN(CC)C(C)O. The lowest BCUT2D eigenvalue weighted by molar-refractivity contribution is 0.0311. The number of aliphatic hydroxyl groups is 1. The van der Waals surface area contributed by atoms with E-state index in [2.05, 4.69) is 25.7 Å². The Kier molecular flexibility index (Phi) is 8.59. The predicted molar refractivity (Wildman–Crippen MR) is 62.1 cm³/mol. The van der Waals surface area contributed by atoms with Crippen LogP contribution >= 0.6 is 0 Å². The van der Waals surface area contributed by atoms with Gasteiger partial charge in [-0.15, -0.1) is 6.58 Å². The fourth-order valence-electron chi connectivity index (χ4n) is 1.25. The van der Waals surface area contributed by atoms with Crippen LogP contribution in [0.3, 0.4) is 0 Å². The van der Waals surface area contributed by atoms with Gasteiger partial charge in [0.15, 0.2) is 0 Å². The van der Waals surface area contributed by atoms with E-state index in [1.165, 1.54) is 6.42 Å². The average Bonchev–Trinajstić information content (AvgIpc) is 2.16. The van der Waals surface area contributed by atoms with Crippen LogP contribution in [-0.2, 0) is 0 Å². The predicted octanol–water partition coefficient (Wildman–Crippen LogP) is 2.56. The number of unbranched alkanes of at least 4 members (excludes halogenated alkanes) is 2. The highest BCUT2D eigenvalue weighted by molar-refractivity contribution is 4.85. The van der Waals surface area contributed by atoms with Crippen molar-refractivity contribution in [2.75, 3.05) is 13.1 Å². The number of nitrogens with zero attached hydrogens (tertiary/aromatic N) is 1. The van der Waals surface area contributed by atoms with Gasteiger partial charge >= 0.3 is 0 Å². The number of allylic oxidation sites excluding steroid dienone is 2. The summed E-state index contributed by atoms with van der Waals surface area (Å²) in [6, 6.07) is 0. The minimum absolute atomic E-state index is 0.349. The average molecular weight is 197 g/mol. The molecule has 2 nitrogen and oxygen atoms in total. The maximum absolute atomic E-state index is 9.33. The van der Waals surface area contributed by atoms with Gasteiger partial charge in [-0.25, -0.2) is 0 Å². The standard InChI is InChI=1S/C12H23NO/c1-4-6-7-8-9-10-11-13(5-2)12(3)14/h4,9-10,12,14H,1,5-8,11H2,2-3H3. The van der Waals surface area contributed by atoms with Crippen LogP contribution in [0.25, 0.3) is 0 Å². The van der Waals surface area contributed by atoms with E-state index in [0.717, 1.165) is 25.9 Å². The van der Waals surface area contributed by atoms with Crippen molar-refractivity contribution >= 4 is 0 Å². The Labute approximate surface area is 87.9 Å². The number of aliphatic hydroxyl groups excluding tert-OH is 1. The molecule has 0 rings (SSSR count). The van der Waals surface area contributed by atoms with Gasteiger partial charge < -0.3 is 5.11 Å². The molecule has 0 bridgehead atoms. The van der Waals surface area contributed by atoms with Crippen molar-refractivity contribution in [1.29, 1.82) is 0 Å². The molecule has 0 radical (unpaired) electrons. The summed E-state index contributed by atoms with van der Waals surface area (Å²) in [4.78, 5) is 2.00. The highest BCUT2D eigenvalue weighted by Crippen LogP contribution is 1.99. The maximum Gasteiger partial charge on any atom is 0.104 e. The molecule has 0 aromatic rings. The molecule has 0 fully saturated rings. The van der Waals surface area contributed by atoms with E-state index in [1.807, 2.05) is 11.0 Å². The Morgan fingerprint density at radius 1 is 1.36 bits per heavy atom. The van der Waals surface area contributed by atoms with Crippen LogP contribution in [0.2, 0.25) is 0 Å². The van der Waals surface area contributed by atoms with Crippen LogP contribution in [0.4, 0.5) is 0 Å². The fraction of sp³-hybridized carbons (Fsp3) is 0.667. The summed E-state index contributed by atoms with van der Waals surface area (Å²) < 4.78 is 0. The second-order valence-electron chi connectivity index (χ2n) is 3.41. The zero-order valence-electron chi connectivity index (χ0n) is 9.45. The highest BCUT2D eigenvalue weighted by atomic mass is 16.3. The zero-order valence-corrected chi connectivity index (χ0v) is 9.45. The molecule has 0 spiro atoms. The summed E-state index contributed by atoms with van der Waals surface area (Å²) in [6.45, 7) is 9.25. The first-order valence-corrected chi connectivity index (χ1v) is 5.40. The Morgan fingerprint density at radius 3 is 2.57 bits per heavy atom. The lowest BCUT2D eigenvalue weighted by Crippen LogP contribution is -2.32. The summed E-state index contributed by atoms with van der Waals surface area (Å²) in [5.74, 6) is 0. The highest BCUT2D eigenvalue weighted by Gasteiger charge is 2.04. The van der Waals surface area contributed by atoms with Gasteiger partial charge in [-0.2, -0.15) is 0 Å². The minimum atomic E-state index is -0.349. The quantitative estimate of drug-likeness (QED) is 0.367. The largest absolute Gasteiger partial charge is 0.379 e. The Hall–Kier alpha value is -0.600. The van der Waals surface area contributed by atoms with Crippen molar-refractivity contribution in [1.82, 2.24) is 4.90 Å². The smallest absolute Gasteiger partial charge is 0.104 e. The van der Waals surface area contributed by atoms with E-state index in [1.54, 1.807) is 6.92 Å². The van der Waals surface area contributed by atoms with E-state index in [-0.39, 0.29) is 6.23 Å². The van der Waals surface area contributed by atoms with Gasteiger partial charge in [0.25, 0.3) is 0 Å². The van der Waals surface area contributed by atoms with E-state index in [4.69, 9.17) is 0 Å². The normalized spacial score (nSPS) is 13.7. The van der Waals surface area contributed by atoms with Crippen LogP contribution in [0, 0.1) is 0 Å². The van der Waals surface area contributed by atoms with Gasteiger partial charge in [0, 0.05) is 6.54 Å². The van der Waals surface area contributed by atoms with E-state index in [9.17, 15) is 5.11 Å². The van der Waals surface area contributed by atoms with E-state index < -0.39 is 0 Å². The molecule has 1 N–H and O–H groups in total. The second kappa shape index (κ2) is 8.97. The van der Waals surface area contributed by atoms with Crippen LogP contribution in [0.5, 0.6) is 0 Å². The third-order valence-electron chi connectivity index (χ3n) is 2.22. The van der Waals surface area contributed by atoms with Crippen molar-refractivity contribution in [3.63, 3.8) is 0 Å². The van der Waals surface area contributed by atoms with Gasteiger partial charge in [0.05, 0.1) is 0 Å². The summed E-state index contributed by atoms with van der Waals surface area (Å²) in [5.41, 5.74) is 0. The number of likely N-dealkylation sites (N-methyl/N-ethyl adjacent to an activating group) is 1. The van der Waals surface area contributed by atoms with Crippen LogP contribution in [0.15, 0.2) is 24.8 Å². The third kappa shape index (κ3) is 6.87. The van der Waals surface area contributed by atoms with E-state index in [0.29, 0.717) is 0 Å². The Balaban J connectivity index is 3.52. The van der Waals surface area contributed by atoms with Gasteiger partial charge in [0.1, 0.15) is 6.23 Å². The molecule has 0 saturated heterocycles. The van der Waals surface area contributed by atoms with Crippen LogP contribution in [-0.4, -0.2) is 29.3 Å². The molecule has 1 unspecified atom stereocenters. The first kappa shape index (κ1) is 13.4. The molecule has 1 atom stereocenters. The van der Waals surface area contributed by atoms with Gasteiger partial charge in [-0.3, -0.25) is 4.90 Å². The molecular weight excluding hydrogens is 174 g/mol. The summed E-state index contributed by atoms with van der Waals surface area (Å²) >= 11 is 0. The van der Waals surface area contributed by atoms with Crippen molar-refractivity contribution in [3.8, 4) is 0 Å². The van der Waals surface area contributed by atoms with Crippen molar-refractivity contribution in [2.24, 2.45) is 0 Å². The molecule has 0 saturated carbocycles. The van der Waals surface area contributed by atoms with Gasteiger partial charge in [-0.1, -0.05) is 25.2 Å². The molecule has 0 aromatic carbocycles. The van der Waals surface area contributed by atoms with Crippen molar-refractivity contribution < 1.29 is 5.11 Å². The monoisotopic (exact) mass is 197 g/mol. The first-order valence-electron chi connectivity index (χ1n) is 5.40. The number of rotatable bonds is 8. The maximum atomic E-state index is 9.33. The van der Waals surface area contributed by atoms with Crippen LogP contribution < -0.4 is 0 Å². The van der Waals surface area contributed by atoms with Crippen molar-refractivity contribution in [3.05, 3.63) is 24.8 Å². The minimum Gasteiger partial charge on any atom is -0.379 e. The summed E-state index contributed by atoms with van der Waals surface area (Å²) in [5, 5.41) is 9.33. The third-order valence-corrected chi connectivity index (χ3v) is 2.22. The van der Waals surface area contributed by atoms with Crippen molar-refractivity contribution in [2.45, 2.75) is 39.3 Å². The lowest BCUT2D eigenvalue weighted by atomic mass is 10.2.